The summed E-state index contributed by atoms with van der Waals surface area (Å²) >= 11 is 9.65. The van der Waals surface area contributed by atoms with Gasteiger partial charge in [0.1, 0.15) is 0 Å². The molecule has 0 spiro atoms. The van der Waals surface area contributed by atoms with Crippen LogP contribution in [0.25, 0.3) is 0 Å². The predicted molar refractivity (Wildman–Crippen MR) is 86.0 cm³/mol. The lowest BCUT2D eigenvalue weighted by Crippen LogP contribution is -2.21. The summed E-state index contributed by atoms with van der Waals surface area (Å²) in [6.45, 7) is 0.125. The van der Waals surface area contributed by atoms with Crippen molar-refractivity contribution in [2.45, 2.75) is 6.54 Å². The summed E-state index contributed by atoms with van der Waals surface area (Å²) < 4.78 is 3.14. The minimum absolute atomic E-state index is 0.0256. The number of pyridine rings is 1. The fourth-order valence-corrected chi connectivity index (χ4v) is 3.31. The van der Waals surface area contributed by atoms with Crippen molar-refractivity contribution in [1.82, 2.24) is 4.57 Å². The van der Waals surface area contributed by atoms with E-state index in [1.165, 1.54) is 10.6 Å². The topological polar surface area (TPSA) is 65.1 Å². The van der Waals surface area contributed by atoms with Crippen LogP contribution in [0.5, 0.6) is 0 Å². The largest absolute Gasteiger partial charge is 0.309 e. The lowest BCUT2D eigenvalue weighted by molar-refractivity contribution is -0.385. The Hall–Kier alpha value is -0.990. The predicted octanol–water partition coefficient (Wildman–Crippen LogP) is 4.09. The van der Waals surface area contributed by atoms with Crippen LogP contribution in [-0.2, 0) is 6.54 Å². The summed E-state index contributed by atoms with van der Waals surface area (Å²) in [5, 5.41) is 11.1. The van der Waals surface area contributed by atoms with E-state index >= 15 is 0 Å². The second kappa shape index (κ2) is 6.19. The van der Waals surface area contributed by atoms with Crippen molar-refractivity contribution in [2.75, 3.05) is 0 Å². The summed E-state index contributed by atoms with van der Waals surface area (Å²) in [6, 6.07) is 6.39. The third-order valence-electron chi connectivity index (χ3n) is 2.59. The molecule has 0 unspecified atom stereocenters. The Morgan fingerprint density at radius 2 is 1.85 bits per heavy atom. The van der Waals surface area contributed by atoms with Gasteiger partial charge < -0.3 is 4.57 Å². The molecular formula is C12H7Br3N2O3. The van der Waals surface area contributed by atoms with Gasteiger partial charge in [0.2, 0.25) is 0 Å². The van der Waals surface area contributed by atoms with E-state index in [4.69, 9.17) is 0 Å². The van der Waals surface area contributed by atoms with Crippen LogP contribution in [0, 0.1) is 10.1 Å². The molecule has 1 heterocycles. The summed E-state index contributed by atoms with van der Waals surface area (Å²) in [5.74, 6) is 0. The Morgan fingerprint density at radius 3 is 2.50 bits per heavy atom. The highest BCUT2D eigenvalue weighted by atomic mass is 79.9. The van der Waals surface area contributed by atoms with Gasteiger partial charge in [-0.3, -0.25) is 14.9 Å². The second-order valence-electron chi connectivity index (χ2n) is 3.97. The molecule has 1 aromatic carbocycles. The van der Waals surface area contributed by atoms with Crippen LogP contribution < -0.4 is 5.56 Å². The minimum atomic E-state index is -0.460. The van der Waals surface area contributed by atoms with E-state index in [0.29, 0.717) is 19.0 Å². The molecule has 8 heteroatoms. The zero-order chi connectivity index (χ0) is 14.9. The fraction of sp³-hybridized carbons (Fsp3) is 0.0833. The first-order valence-corrected chi connectivity index (χ1v) is 7.74. The number of aromatic nitrogens is 1. The minimum Gasteiger partial charge on any atom is -0.309 e. The van der Waals surface area contributed by atoms with Crippen molar-refractivity contribution in [3.8, 4) is 0 Å². The SMILES string of the molecule is O=c1c(Br)cc(Br)cn1Cc1ccc(Br)cc1[N+](=O)[O-]. The number of nitro groups is 1. The van der Waals surface area contributed by atoms with Crippen molar-refractivity contribution in [3.63, 3.8) is 0 Å². The molecule has 0 N–H and O–H groups in total. The molecule has 20 heavy (non-hydrogen) atoms. The van der Waals surface area contributed by atoms with Crippen molar-refractivity contribution < 1.29 is 4.92 Å². The first kappa shape index (κ1) is 15.4. The van der Waals surface area contributed by atoms with Crippen LogP contribution in [0.3, 0.4) is 0 Å². The molecule has 2 rings (SSSR count). The third-order valence-corrected chi connectivity index (χ3v) is 4.09. The molecule has 104 valence electrons. The Bertz CT molecular complexity index is 743. The van der Waals surface area contributed by atoms with Crippen molar-refractivity contribution in [3.05, 3.63) is 69.9 Å². The van der Waals surface area contributed by atoms with E-state index in [-0.39, 0.29) is 17.8 Å². The van der Waals surface area contributed by atoms with Crippen LogP contribution in [0.1, 0.15) is 5.56 Å². The summed E-state index contributed by atoms with van der Waals surface area (Å²) in [6.07, 6.45) is 1.60. The standard InChI is InChI=1S/C12H7Br3N2O3/c13-8-2-1-7(11(4-8)17(19)20)5-16-6-9(14)3-10(15)12(16)18/h1-4,6H,5H2. The number of hydrogen-bond acceptors (Lipinski definition) is 3. The molecule has 0 aliphatic carbocycles. The van der Waals surface area contributed by atoms with E-state index < -0.39 is 4.92 Å². The van der Waals surface area contributed by atoms with Crippen LogP contribution in [0.15, 0.2) is 48.7 Å². The molecule has 0 bridgehead atoms. The number of rotatable bonds is 3. The van der Waals surface area contributed by atoms with Crippen molar-refractivity contribution >= 4 is 53.5 Å². The molecule has 2 aromatic rings. The van der Waals surface area contributed by atoms with Gasteiger partial charge in [0, 0.05) is 26.8 Å². The van der Waals surface area contributed by atoms with E-state index in [9.17, 15) is 14.9 Å². The van der Waals surface area contributed by atoms with Gasteiger partial charge in [0.15, 0.2) is 0 Å². The average Bonchev–Trinajstić information content (AvgIpc) is 2.37. The molecule has 0 atom stereocenters. The summed E-state index contributed by atoms with van der Waals surface area (Å²) in [4.78, 5) is 22.6. The molecule has 1 aromatic heterocycles. The molecule has 0 amide bonds. The highest BCUT2D eigenvalue weighted by molar-refractivity contribution is 9.11. The molecule has 0 saturated carbocycles. The highest BCUT2D eigenvalue weighted by Crippen LogP contribution is 2.24. The van der Waals surface area contributed by atoms with E-state index in [1.54, 1.807) is 24.4 Å². The van der Waals surface area contributed by atoms with Crippen LogP contribution in [-0.4, -0.2) is 9.49 Å². The monoisotopic (exact) mass is 464 g/mol. The van der Waals surface area contributed by atoms with Crippen molar-refractivity contribution in [1.29, 1.82) is 0 Å². The van der Waals surface area contributed by atoms with Crippen LogP contribution in [0.2, 0.25) is 0 Å². The fourth-order valence-electron chi connectivity index (χ4n) is 1.71. The van der Waals surface area contributed by atoms with E-state index in [2.05, 4.69) is 47.8 Å². The first-order valence-electron chi connectivity index (χ1n) is 5.37. The number of nitro benzene ring substituents is 1. The van der Waals surface area contributed by atoms with Crippen LogP contribution >= 0.6 is 47.8 Å². The molecular weight excluding hydrogens is 460 g/mol. The summed E-state index contributed by atoms with van der Waals surface area (Å²) in [5.41, 5.74) is 0.193. The molecule has 0 fully saturated rings. The maximum atomic E-state index is 12.0. The Kier molecular flexibility index (Phi) is 4.77. The smallest absolute Gasteiger partial charge is 0.275 e. The number of hydrogen-bond donors (Lipinski definition) is 0. The molecule has 0 radical (unpaired) electrons. The second-order valence-corrected chi connectivity index (χ2v) is 6.66. The van der Waals surface area contributed by atoms with Gasteiger partial charge in [-0.05, 0) is 50.1 Å². The summed E-state index contributed by atoms with van der Waals surface area (Å²) in [7, 11) is 0. The number of benzene rings is 1. The maximum absolute atomic E-state index is 12.0. The van der Waals surface area contributed by atoms with Gasteiger partial charge in [0.25, 0.3) is 11.2 Å². The highest BCUT2D eigenvalue weighted by Gasteiger charge is 2.15. The zero-order valence-electron chi connectivity index (χ0n) is 9.85. The van der Waals surface area contributed by atoms with Crippen molar-refractivity contribution in [2.24, 2.45) is 0 Å². The third kappa shape index (κ3) is 3.36. The number of nitrogens with zero attached hydrogens (tertiary/aromatic N) is 2. The van der Waals surface area contributed by atoms with Gasteiger partial charge in [0.05, 0.1) is 15.9 Å². The number of halogens is 3. The maximum Gasteiger partial charge on any atom is 0.275 e. The Morgan fingerprint density at radius 1 is 1.15 bits per heavy atom. The van der Waals surface area contributed by atoms with Crippen LogP contribution in [0.4, 0.5) is 5.69 Å². The lowest BCUT2D eigenvalue weighted by atomic mass is 10.2. The Balaban J connectivity index is 2.50. The zero-order valence-corrected chi connectivity index (χ0v) is 14.6. The van der Waals surface area contributed by atoms with Gasteiger partial charge in [-0.1, -0.05) is 15.9 Å². The average molecular weight is 467 g/mol. The molecule has 0 aliphatic rings. The van der Waals surface area contributed by atoms with E-state index in [0.717, 1.165) is 0 Å². The molecule has 0 saturated heterocycles. The van der Waals surface area contributed by atoms with Gasteiger partial charge in [-0.15, -0.1) is 0 Å². The Labute approximate surface area is 139 Å². The van der Waals surface area contributed by atoms with Gasteiger partial charge >= 0.3 is 0 Å². The van der Waals surface area contributed by atoms with Gasteiger partial charge in [-0.2, -0.15) is 0 Å². The quantitative estimate of drug-likeness (QED) is 0.505. The normalized spacial score (nSPS) is 10.6. The molecule has 0 aliphatic heterocycles. The molecule has 5 nitrogen and oxygen atoms in total. The first-order chi connectivity index (χ1) is 9.38. The van der Waals surface area contributed by atoms with Gasteiger partial charge in [-0.25, -0.2) is 0 Å². The van der Waals surface area contributed by atoms with E-state index in [1.807, 2.05) is 0 Å². The lowest BCUT2D eigenvalue weighted by Gasteiger charge is -2.08.